The van der Waals surface area contributed by atoms with Gasteiger partial charge in [-0.1, -0.05) is 29.8 Å². The summed E-state index contributed by atoms with van der Waals surface area (Å²) in [5, 5.41) is 13.5. The van der Waals surface area contributed by atoms with E-state index in [1.165, 1.54) is 0 Å². The fourth-order valence-corrected chi connectivity index (χ4v) is 2.81. The summed E-state index contributed by atoms with van der Waals surface area (Å²) in [4.78, 5) is 16.8. The lowest BCUT2D eigenvalue weighted by atomic mass is 9.96. The van der Waals surface area contributed by atoms with Crippen LogP contribution in [0, 0.1) is 6.92 Å². The number of aromatic nitrogens is 1. The van der Waals surface area contributed by atoms with Crippen LogP contribution in [0.3, 0.4) is 0 Å². The van der Waals surface area contributed by atoms with Crippen LogP contribution in [0.4, 0.5) is 0 Å². The Morgan fingerprint density at radius 3 is 2.62 bits per heavy atom. The largest absolute Gasteiger partial charge is 0.391 e. The van der Waals surface area contributed by atoms with Crippen LogP contribution in [0.5, 0.6) is 0 Å². The Bertz CT molecular complexity index is 753. The Kier molecular flexibility index (Phi) is 6.51. The maximum atomic E-state index is 12.5. The minimum Gasteiger partial charge on any atom is -0.391 e. The Hall–Kier alpha value is -2.24. The molecule has 0 saturated carbocycles. The topological polar surface area (TPSA) is 88.2 Å². The van der Waals surface area contributed by atoms with Crippen LogP contribution in [0.15, 0.2) is 42.6 Å². The van der Waals surface area contributed by atoms with Crippen LogP contribution in [-0.2, 0) is 12.8 Å². The smallest absolute Gasteiger partial charge is 0.253 e. The fourth-order valence-electron chi connectivity index (χ4n) is 2.81. The average molecular weight is 355 g/mol. The first-order valence-corrected chi connectivity index (χ1v) is 8.91. The van der Waals surface area contributed by atoms with Gasteiger partial charge in [-0.2, -0.15) is 0 Å². The Balaban J connectivity index is 2.08. The molecule has 0 saturated heterocycles. The monoisotopic (exact) mass is 355 g/mol. The zero-order valence-corrected chi connectivity index (χ0v) is 16.0. The van der Waals surface area contributed by atoms with Crippen molar-refractivity contribution >= 4 is 5.91 Å². The first-order valence-electron chi connectivity index (χ1n) is 8.91. The average Bonchev–Trinajstić information content (AvgIpc) is 2.53. The molecule has 0 aliphatic heterocycles. The third kappa shape index (κ3) is 5.93. The highest BCUT2D eigenvalue weighted by molar-refractivity contribution is 5.95. The molecular formula is C21H29N3O2. The molecule has 2 aromatic rings. The van der Waals surface area contributed by atoms with E-state index in [0.29, 0.717) is 17.7 Å². The van der Waals surface area contributed by atoms with Crippen LogP contribution in [0.25, 0.3) is 0 Å². The van der Waals surface area contributed by atoms with Gasteiger partial charge < -0.3 is 16.2 Å². The van der Waals surface area contributed by atoms with Crippen molar-refractivity contribution in [3.05, 3.63) is 65.0 Å². The third-order valence-corrected chi connectivity index (χ3v) is 4.07. The summed E-state index contributed by atoms with van der Waals surface area (Å²) >= 11 is 0. The molecule has 5 nitrogen and oxygen atoms in total. The van der Waals surface area contributed by atoms with E-state index in [1.54, 1.807) is 18.3 Å². The molecule has 1 amide bonds. The number of hydrogen-bond acceptors (Lipinski definition) is 4. The minimum atomic E-state index is -0.786. The molecule has 4 N–H and O–H groups in total. The normalized spacial score (nSPS) is 13.9. The number of nitrogens with two attached hydrogens (primary N) is 1. The summed E-state index contributed by atoms with van der Waals surface area (Å²) < 4.78 is 0. The van der Waals surface area contributed by atoms with Crippen LogP contribution in [-0.4, -0.2) is 33.7 Å². The second-order valence-corrected chi connectivity index (χ2v) is 7.83. The van der Waals surface area contributed by atoms with Gasteiger partial charge in [0.2, 0.25) is 0 Å². The molecule has 1 aromatic heterocycles. The summed E-state index contributed by atoms with van der Waals surface area (Å²) in [5.41, 5.74) is 9.14. The first-order chi connectivity index (χ1) is 12.2. The Morgan fingerprint density at radius 2 is 1.96 bits per heavy atom. The van der Waals surface area contributed by atoms with Gasteiger partial charge in [-0.25, -0.2) is 0 Å². The lowest BCUT2D eigenvalue weighted by molar-refractivity contribution is 0.0916. The van der Waals surface area contributed by atoms with Crippen molar-refractivity contribution in [1.82, 2.24) is 10.3 Å². The van der Waals surface area contributed by atoms with Gasteiger partial charge in [0.05, 0.1) is 17.4 Å². The lowest BCUT2D eigenvalue weighted by Crippen LogP contribution is -2.42. The quantitative estimate of drug-likeness (QED) is 0.742. The predicted octanol–water partition coefficient (Wildman–Crippen LogP) is 2.39. The number of nitrogens with one attached hydrogen (secondary N) is 1. The highest BCUT2D eigenvalue weighted by atomic mass is 16.3. The van der Waals surface area contributed by atoms with Crippen molar-refractivity contribution in [3.63, 3.8) is 0 Å². The number of hydrogen-bond donors (Lipinski definition) is 3. The van der Waals surface area contributed by atoms with Crippen LogP contribution < -0.4 is 11.1 Å². The molecule has 0 spiro atoms. The highest BCUT2D eigenvalue weighted by Crippen LogP contribution is 2.14. The Labute approximate surface area is 155 Å². The fraction of sp³-hybridized carbons (Fsp3) is 0.429. The summed E-state index contributed by atoms with van der Waals surface area (Å²) in [6.07, 6.45) is 1.65. The van der Waals surface area contributed by atoms with Crippen molar-refractivity contribution in [2.75, 3.05) is 0 Å². The number of benzene rings is 1. The maximum Gasteiger partial charge on any atom is 0.253 e. The van der Waals surface area contributed by atoms with Gasteiger partial charge in [0.25, 0.3) is 5.91 Å². The molecule has 0 fully saturated rings. The number of aliphatic hydroxyl groups is 1. The van der Waals surface area contributed by atoms with E-state index in [4.69, 9.17) is 5.73 Å². The summed E-state index contributed by atoms with van der Waals surface area (Å²) in [5.74, 6) is -0.194. The molecule has 2 atom stereocenters. The van der Waals surface area contributed by atoms with Gasteiger partial charge in [-0.3, -0.25) is 9.78 Å². The van der Waals surface area contributed by atoms with Gasteiger partial charge >= 0.3 is 0 Å². The van der Waals surface area contributed by atoms with E-state index in [-0.39, 0.29) is 17.9 Å². The third-order valence-electron chi connectivity index (χ3n) is 4.07. The number of rotatable bonds is 6. The van der Waals surface area contributed by atoms with E-state index in [9.17, 15) is 9.90 Å². The van der Waals surface area contributed by atoms with Crippen molar-refractivity contribution in [1.29, 1.82) is 0 Å². The first kappa shape index (κ1) is 20.1. The molecule has 1 heterocycles. The van der Waals surface area contributed by atoms with Crippen LogP contribution in [0.2, 0.25) is 0 Å². The number of aryl methyl sites for hydroxylation is 1. The van der Waals surface area contributed by atoms with Crippen molar-refractivity contribution in [2.24, 2.45) is 5.73 Å². The van der Waals surface area contributed by atoms with E-state index in [1.807, 2.05) is 45.9 Å². The number of carbonyl (C=O) groups excluding carboxylic acids is 1. The van der Waals surface area contributed by atoms with Crippen molar-refractivity contribution < 1.29 is 9.90 Å². The van der Waals surface area contributed by atoms with Gasteiger partial charge in [0, 0.05) is 24.2 Å². The number of nitrogens with zero attached hydrogens (tertiary/aromatic N) is 1. The molecule has 0 bridgehead atoms. The van der Waals surface area contributed by atoms with Crippen molar-refractivity contribution in [3.8, 4) is 0 Å². The number of aliphatic hydroxyl groups excluding tert-OH is 1. The molecule has 2 unspecified atom stereocenters. The van der Waals surface area contributed by atoms with Gasteiger partial charge in [0.1, 0.15) is 0 Å². The molecule has 140 valence electrons. The highest BCUT2D eigenvalue weighted by Gasteiger charge is 2.22. The van der Waals surface area contributed by atoms with Gasteiger partial charge in [0.15, 0.2) is 0 Å². The van der Waals surface area contributed by atoms with E-state index in [2.05, 4.69) is 16.4 Å². The van der Waals surface area contributed by atoms with Crippen LogP contribution >= 0.6 is 0 Å². The van der Waals surface area contributed by atoms with E-state index >= 15 is 0 Å². The number of pyridine rings is 1. The number of amides is 1. The predicted molar refractivity (Wildman–Crippen MR) is 104 cm³/mol. The molecular weight excluding hydrogens is 326 g/mol. The second kappa shape index (κ2) is 8.43. The van der Waals surface area contributed by atoms with E-state index < -0.39 is 12.1 Å². The lowest BCUT2D eigenvalue weighted by Gasteiger charge is -2.23. The molecule has 2 rings (SSSR count). The maximum absolute atomic E-state index is 12.5. The van der Waals surface area contributed by atoms with Gasteiger partial charge in [-0.05, 0) is 51.8 Å². The zero-order chi connectivity index (χ0) is 19.3. The van der Waals surface area contributed by atoms with Crippen molar-refractivity contribution in [2.45, 2.75) is 58.2 Å². The van der Waals surface area contributed by atoms with Crippen LogP contribution in [0.1, 0.15) is 48.0 Å². The molecule has 0 aliphatic carbocycles. The summed E-state index contributed by atoms with van der Waals surface area (Å²) in [6, 6.07) is 11.1. The second-order valence-electron chi connectivity index (χ2n) is 7.83. The summed E-state index contributed by atoms with van der Waals surface area (Å²) in [6.45, 7) is 7.80. The molecule has 26 heavy (non-hydrogen) atoms. The standard InChI is InChI=1S/C21H29N3O2/c1-14-7-5-8-15(11-14)12-17(22)19(25)13-18-16(9-6-10-23-18)20(26)24-21(2,3)4/h5-11,17,19,25H,12-13,22H2,1-4H3,(H,24,26). The van der Waals surface area contributed by atoms with Gasteiger partial charge in [-0.15, -0.1) is 0 Å². The molecule has 0 radical (unpaired) electrons. The molecule has 0 aliphatic rings. The number of carbonyl (C=O) groups is 1. The minimum absolute atomic E-state index is 0.194. The Morgan fingerprint density at radius 1 is 1.23 bits per heavy atom. The SMILES string of the molecule is Cc1cccc(CC(N)C(O)Cc2ncccc2C(=O)NC(C)(C)C)c1. The zero-order valence-electron chi connectivity index (χ0n) is 16.0. The van der Waals surface area contributed by atoms with E-state index in [0.717, 1.165) is 11.1 Å². The summed E-state index contributed by atoms with van der Waals surface area (Å²) in [7, 11) is 0. The molecule has 5 heteroatoms. The molecule has 1 aromatic carbocycles.